The van der Waals surface area contributed by atoms with Crippen molar-refractivity contribution in [3.63, 3.8) is 0 Å². The summed E-state index contributed by atoms with van der Waals surface area (Å²) < 4.78 is 46.1. The van der Waals surface area contributed by atoms with Gasteiger partial charge in [0.25, 0.3) is 0 Å². The fourth-order valence-electron chi connectivity index (χ4n) is 5.81. The fraction of sp³-hybridized carbons (Fsp3) is 0.567. The first-order chi connectivity index (χ1) is 18.0. The molecule has 2 saturated heterocycles. The summed E-state index contributed by atoms with van der Waals surface area (Å²) in [5, 5.41) is 20.1. The number of alkyl halides is 3. The minimum atomic E-state index is -4.59. The number of piperidine rings is 2. The molecule has 0 spiro atoms. The van der Waals surface area contributed by atoms with Crippen molar-refractivity contribution in [2.75, 3.05) is 24.6 Å². The number of rotatable bonds is 7. The summed E-state index contributed by atoms with van der Waals surface area (Å²) in [5.41, 5.74) is 0.531. The van der Waals surface area contributed by atoms with Crippen molar-refractivity contribution in [1.29, 1.82) is 5.26 Å². The number of anilines is 1. The summed E-state index contributed by atoms with van der Waals surface area (Å²) in [4.78, 5) is 4.40. The third-order valence-electron chi connectivity index (χ3n) is 8.29. The molecule has 5 nitrogen and oxygen atoms in total. The van der Waals surface area contributed by atoms with E-state index in [1.807, 2.05) is 17.9 Å². The number of halogens is 3. The highest BCUT2D eigenvalue weighted by Gasteiger charge is 2.36. The number of benzene rings is 2. The Bertz CT molecular complexity index is 1140. The molecule has 2 aromatic carbocycles. The molecule has 2 heterocycles. The number of nitrogens with zero attached hydrogens (tertiary/aromatic N) is 3. The Morgan fingerprint density at radius 2 is 1.76 bits per heavy atom. The highest BCUT2D eigenvalue weighted by atomic mass is 19.4. The standard InChI is InChI=1S/C30H38F3N3O2/c1-21-17-24(20-36-22(2)5-4-6-23(36)3)7-10-28(21)38-16-13-29(37)11-14-35(15-12-29)26-9-8-25(19-34)27(18-26)30(31,32)33/h7-10,17-18,22-23,37H,4-6,11-16,20H2,1-3H3/t22-,23?/m0/s1. The topological polar surface area (TPSA) is 59.7 Å². The lowest BCUT2D eigenvalue weighted by Crippen LogP contribution is -2.45. The molecule has 4 rings (SSSR count). The summed E-state index contributed by atoms with van der Waals surface area (Å²) in [5.74, 6) is 0.812. The zero-order valence-corrected chi connectivity index (χ0v) is 22.5. The van der Waals surface area contributed by atoms with Gasteiger partial charge in [-0.05, 0) is 81.8 Å². The SMILES string of the molecule is Cc1cc(CN2C(C)CCC[C@@H]2C)ccc1OCCC1(O)CCN(c2ccc(C#N)c(C(F)(F)F)c2)CC1. The van der Waals surface area contributed by atoms with Crippen LogP contribution in [0.3, 0.4) is 0 Å². The Labute approximate surface area is 223 Å². The first-order valence-electron chi connectivity index (χ1n) is 13.6. The van der Waals surface area contributed by atoms with Gasteiger partial charge in [-0.15, -0.1) is 0 Å². The van der Waals surface area contributed by atoms with Crippen LogP contribution < -0.4 is 9.64 Å². The quantitative estimate of drug-likeness (QED) is 0.447. The van der Waals surface area contributed by atoms with Gasteiger partial charge in [-0.25, -0.2) is 0 Å². The van der Waals surface area contributed by atoms with Gasteiger partial charge in [0.15, 0.2) is 0 Å². The maximum absolute atomic E-state index is 13.3. The van der Waals surface area contributed by atoms with E-state index in [9.17, 15) is 18.3 Å². The molecule has 1 N–H and O–H groups in total. The van der Waals surface area contributed by atoms with Gasteiger partial charge >= 0.3 is 6.18 Å². The van der Waals surface area contributed by atoms with Crippen LogP contribution in [0.1, 0.15) is 74.6 Å². The van der Waals surface area contributed by atoms with E-state index in [4.69, 9.17) is 10.00 Å². The molecule has 2 aromatic rings. The Kier molecular flexibility index (Phi) is 8.59. The number of ether oxygens (including phenoxy) is 1. The molecular weight excluding hydrogens is 491 g/mol. The number of hydrogen-bond acceptors (Lipinski definition) is 5. The molecule has 0 saturated carbocycles. The maximum Gasteiger partial charge on any atom is 0.417 e. The van der Waals surface area contributed by atoms with E-state index in [-0.39, 0.29) is 5.56 Å². The van der Waals surface area contributed by atoms with E-state index >= 15 is 0 Å². The molecule has 206 valence electrons. The molecule has 2 aliphatic heterocycles. The van der Waals surface area contributed by atoms with Crippen LogP contribution in [-0.2, 0) is 12.7 Å². The number of aliphatic hydroxyl groups is 1. The van der Waals surface area contributed by atoms with Crippen molar-refractivity contribution in [3.8, 4) is 11.8 Å². The number of hydrogen-bond donors (Lipinski definition) is 1. The van der Waals surface area contributed by atoms with Crippen LogP contribution in [0.4, 0.5) is 18.9 Å². The average Bonchev–Trinajstić information content (AvgIpc) is 2.87. The van der Waals surface area contributed by atoms with Crippen LogP contribution in [0.2, 0.25) is 0 Å². The second kappa shape index (κ2) is 11.5. The number of nitriles is 1. The van der Waals surface area contributed by atoms with Crippen LogP contribution >= 0.6 is 0 Å². The second-order valence-electron chi connectivity index (χ2n) is 11.1. The van der Waals surface area contributed by atoms with Crippen LogP contribution in [0, 0.1) is 18.3 Å². The molecule has 38 heavy (non-hydrogen) atoms. The van der Waals surface area contributed by atoms with Gasteiger partial charge in [0.2, 0.25) is 0 Å². The third-order valence-corrected chi connectivity index (χ3v) is 8.29. The summed E-state index contributed by atoms with van der Waals surface area (Å²) >= 11 is 0. The maximum atomic E-state index is 13.3. The van der Waals surface area contributed by atoms with E-state index in [1.54, 1.807) is 12.1 Å². The Balaban J connectivity index is 1.29. The molecule has 0 radical (unpaired) electrons. The lowest BCUT2D eigenvalue weighted by atomic mass is 9.88. The summed E-state index contributed by atoms with van der Waals surface area (Å²) in [6.07, 6.45) is 0.509. The lowest BCUT2D eigenvalue weighted by molar-refractivity contribution is -0.137. The molecule has 0 amide bonds. The molecular formula is C30H38F3N3O2. The molecule has 0 aromatic heterocycles. The summed E-state index contributed by atoms with van der Waals surface area (Å²) in [7, 11) is 0. The largest absolute Gasteiger partial charge is 0.493 e. The minimum absolute atomic E-state index is 0.367. The monoisotopic (exact) mass is 529 g/mol. The molecule has 2 aliphatic rings. The predicted octanol–water partition coefficient (Wildman–Crippen LogP) is 6.45. The van der Waals surface area contributed by atoms with Crippen molar-refractivity contribution < 1.29 is 23.0 Å². The van der Waals surface area contributed by atoms with Crippen molar-refractivity contribution >= 4 is 5.69 Å². The van der Waals surface area contributed by atoms with E-state index in [0.717, 1.165) is 23.9 Å². The molecule has 2 fully saturated rings. The van der Waals surface area contributed by atoms with Gasteiger partial charge in [-0.2, -0.15) is 18.4 Å². The van der Waals surface area contributed by atoms with E-state index in [1.165, 1.54) is 30.9 Å². The Morgan fingerprint density at radius 3 is 2.37 bits per heavy atom. The van der Waals surface area contributed by atoms with Gasteiger partial charge in [0.1, 0.15) is 5.75 Å². The van der Waals surface area contributed by atoms with Crippen molar-refractivity contribution in [2.24, 2.45) is 0 Å². The number of aryl methyl sites for hydroxylation is 1. The van der Waals surface area contributed by atoms with Crippen LogP contribution in [-0.4, -0.2) is 47.4 Å². The second-order valence-corrected chi connectivity index (χ2v) is 11.1. The third kappa shape index (κ3) is 6.62. The molecule has 0 bridgehead atoms. The first-order valence-corrected chi connectivity index (χ1v) is 13.6. The van der Waals surface area contributed by atoms with E-state index in [0.29, 0.717) is 56.7 Å². The normalized spacial score (nSPS) is 22.2. The van der Waals surface area contributed by atoms with Gasteiger partial charge < -0.3 is 14.7 Å². The minimum Gasteiger partial charge on any atom is -0.493 e. The highest BCUT2D eigenvalue weighted by Crippen LogP contribution is 2.36. The fourth-order valence-corrected chi connectivity index (χ4v) is 5.81. The molecule has 2 atom stereocenters. The zero-order chi connectivity index (χ0) is 27.5. The molecule has 1 unspecified atom stereocenters. The zero-order valence-electron chi connectivity index (χ0n) is 22.5. The highest BCUT2D eigenvalue weighted by molar-refractivity contribution is 5.55. The van der Waals surface area contributed by atoms with Gasteiger partial charge in [-0.3, -0.25) is 4.90 Å². The van der Waals surface area contributed by atoms with Crippen LogP contribution in [0.25, 0.3) is 0 Å². The van der Waals surface area contributed by atoms with Crippen LogP contribution in [0.15, 0.2) is 36.4 Å². The van der Waals surface area contributed by atoms with Gasteiger partial charge in [0, 0.05) is 43.8 Å². The molecule has 8 heteroatoms. The molecule has 0 aliphatic carbocycles. The van der Waals surface area contributed by atoms with Crippen LogP contribution in [0.5, 0.6) is 5.75 Å². The van der Waals surface area contributed by atoms with E-state index in [2.05, 4.69) is 30.9 Å². The predicted molar refractivity (Wildman–Crippen MR) is 142 cm³/mol. The van der Waals surface area contributed by atoms with Crippen molar-refractivity contribution in [1.82, 2.24) is 4.90 Å². The smallest absolute Gasteiger partial charge is 0.417 e. The average molecular weight is 530 g/mol. The number of likely N-dealkylation sites (tertiary alicyclic amines) is 1. The van der Waals surface area contributed by atoms with Gasteiger partial charge in [-0.1, -0.05) is 18.6 Å². The summed E-state index contributed by atoms with van der Waals surface area (Å²) in [6.45, 7) is 8.82. The lowest BCUT2D eigenvalue weighted by Gasteiger charge is -2.39. The Hall–Kier alpha value is -2.76. The van der Waals surface area contributed by atoms with Gasteiger partial charge in [0.05, 0.1) is 29.4 Å². The van der Waals surface area contributed by atoms with Crippen molar-refractivity contribution in [3.05, 3.63) is 58.7 Å². The first kappa shape index (κ1) is 28.3. The Morgan fingerprint density at radius 1 is 1.08 bits per heavy atom. The summed E-state index contributed by atoms with van der Waals surface area (Å²) in [6, 6.07) is 12.9. The van der Waals surface area contributed by atoms with E-state index < -0.39 is 17.3 Å². The van der Waals surface area contributed by atoms with Crippen molar-refractivity contribution in [2.45, 2.75) is 89.7 Å².